The molecule has 0 radical (unpaired) electrons. The zero-order chi connectivity index (χ0) is 35.0. The van der Waals surface area contributed by atoms with Crippen LogP contribution in [0.4, 0.5) is 0 Å². The molecule has 4 aliphatic rings. The molecule has 11 heteroatoms. The second-order valence-corrected chi connectivity index (χ2v) is 17.7. The number of carbonyl (C=O) groups excluding carboxylic acids is 2. The summed E-state index contributed by atoms with van der Waals surface area (Å²) in [4.78, 5) is 53.5. The van der Waals surface area contributed by atoms with Crippen LogP contribution < -0.4 is 15.9 Å². The predicted octanol–water partition coefficient (Wildman–Crippen LogP) is 4.61. The number of aliphatic hydroxyl groups excluding tert-OH is 1. The fraction of sp³-hybridized carbons (Fsp3) is 0.632. The standard InChI is InChI=1S/C38H47NO9Se/c1-6-20(2)31(39-34(43)25-10-9-23(46-5)18-28(25)49-39)35(44)48-24-13-15-36(3)22(17-24)8-11-27-30(36)32(41)33(42)37(4)26(14-16-38(27,37)45)21-7-12-29(40)47-19-21/h7,9-10,12,18-20,22,24,26-27,30-32,41,45H,6,8,11,13-17H2,1-5H3/t20-,22+,24-,26+,27+,30+,31-,32-,36-,37-,38-/m0/s1. The summed E-state index contributed by atoms with van der Waals surface area (Å²) < 4.78 is 19.4. The summed E-state index contributed by atoms with van der Waals surface area (Å²) in [5.41, 5.74) is -2.89. The van der Waals surface area contributed by atoms with Crippen molar-refractivity contribution in [1.82, 2.24) is 3.56 Å². The molecule has 2 heterocycles. The molecule has 4 fully saturated rings. The van der Waals surface area contributed by atoms with Crippen LogP contribution >= 0.6 is 0 Å². The van der Waals surface area contributed by atoms with Crippen molar-refractivity contribution in [2.75, 3.05) is 7.11 Å². The van der Waals surface area contributed by atoms with Crippen LogP contribution in [-0.4, -0.2) is 65.2 Å². The van der Waals surface area contributed by atoms with Gasteiger partial charge in [0.05, 0.1) is 6.26 Å². The first-order chi connectivity index (χ1) is 23.3. The normalized spacial score (nSPS) is 36.8. The molecule has 264 valence electrons. The van der Waals surface area contributed by atoms with Crippen molar-refractivity contribution in [3.05, 3.63) is 62.9 Å². The van der Waals surface area contributed by atoms with Crippen LogP contribution in [0.25, 0.3) is 9.65 Å². The number of aliphatic hydroxyl groups is 2. The van der Waals surface area contributed by atoms with Gasteiger partial charge in [0.1, 0.15) is 0 Å². The van der Waals surface area contributed by atoms with E-state index in [1.165, 1.54) is 12.3 Å². The number of carbonyl (C=O) groups is 2. The Balaban J connectivity index is 1.12. The maximum absolute atomic E-state index is 14.3. The number of ether oxygens (including phenoxy) is 2. The van der Waals surface area contributed by atoms with Gasteiger partial charge in [-0.1, -0.05) is 0 Å². The predicted molar refractivity (Wildman–Crippen MR) is 183 cm³/mol. The number of methoxy groups -OCH3 is 1. The molecule has 4 aliphatic carbocycles. The maximum atomic E-state index is 14.3. The van der Waals surface area contributed by atoms with E-state index >= 15 is 0 Å². The zero-order valence-corrected chi connectivity index (χ0v) is 30.6. The molecule has 0 unspecified atom stereocenters. The van der Waals surface area contributed by atoms with Gasteiger partial charge in [-0.3, -0.25) is 0 Å². The molecule has 2 N–H and O–H groups in total. The number of hydrogen-bond acceptors (Lipinski definition) is 9. The van der Waals surface area contributed by atoms with Crippen LogP contribution in [0.5, 0.6) is 5.75 Å². The number of rotatable bonds is 7. The van der Waals surface area contributed by atoms with E-state index < -0.39 is 40.1 Å². The van der Waals surface area contributed by atoms with Gasteiger partial charge in [0, 0.05) is 12.0 Å². The van der Waals surface area contributed by atoms with Crippen molar-refractivity contribution in [2.45, 2.75) is 109 Å². The average molecular weight is 741 g/mol. The molecule has 7 rings (SSSR count). The van der Waals surface area contributed by atoms with E-state index in [2.05, 4.69) is 6.92 Å². The third-order valence-corrected chi connectivity index (χ3v) is 15.9. The van der Waals surface area contributed by atoms with Gasteiger partial charge in [0.25, 0.3) is 0 Å². The van der Waals surface area contributed by atoms with Crippen LogP contribution in [0, 0.1) is 34.5 Å². The second-order valence-electron chi connectivity index (χ2n) is 15.6. The molecule has 10 nitrogen and oxygen atoms in total. The minimum absolute atomic E-state index is 0.0905. The van der Waals surface area contributed by atoms with E-state index in [4.69, 9.17) is 13.9 Å². The van der Waals surface area contributed by atoms with Crippen LogP contribution in [0.3, 0.4) is 0 Å². The fourth-order valence-electron chi connectivity index (χ4n) is 10.6. The van der Waals surface area contributed by atoms with Gasteiger partial charge in [0.2, 0.25) is 0 Å². The first-order valence-corrected chi connectivity index (χ1v) is 19.3. The van der Waals surface area contributed by atoms with Crippen molar-refractivity contribution in [3.63, 3.8) is 0 Å². The van der Waals surface area contributed by atoms with Crippen molar-refractivity contribution < 1.29 is 33.7 Å². The molecule has 0 aliphatic heterocycles. The zero-order valence-electron chi connectivity index (χ0n) is 28.8. The molecule has 4 saturated carbocycles. The summed E-state index contributed by atoms with van der Waals surface area (Å²) in [6.07, 6.45) is 4.77. The number of benzene rings is 1. The van der Waals surface area contributed by atoms with Gasteiger partial charge in [-0.25, -0.2) is 4.79 Å². The number of fused-ring (bicyclic) bond motifs is 6. The van der Waals surface area contributed by atoms with Gasteiger partial charge in [-0.15, -0.1) is 0 Å². The number of ketones is 1. The summed E-state index contributed by atoms with van der Waals surface area (Å²) in [7, 11) is 1.59. The second kappa shape index (κ2) is 12.4. The summed E-state index contributed by atoms with van der Waals surface area (Å²) in [6, 6.07) is 7.73. The molecular weight excluding hydrogens is 693 g/mol. The summed E-state index contributed by atoms with van der Waals surface area (Å²) in [5, 5.41) is 25.0. The molecule has 0 amide bonds. The molecule has 1 aromatic carbocycles. The molecule has 0 bridgehead atoms. The van der Waals surface area contributed by atoms with E-state index in [1.807, 2.05) is 19.9 Å². The Labute approximate surface area is 291 Å². The third-order valence-electron chi connectivity index (χ3n) is 13.6. The summed E-state index contributed by atoms with van der Waals surface area (Å²) >= 11 is -0.385. The Morgan fingerprint density at radius 1 is 1.10 bits per heavy atom. The first kappa shape index (κ1) is 34.5. The van der Waals surface area contributed by atoms with Crippen LogP contribution in [0.2, 0.25) is 0 Å². The van der Waals surface area contributed by atoms with Gasteiger partial charge in [0.15, 0.2) is 0 Å². The van der Waals surface area contributed by atoms with Crippen LogP contribution in [0.1, 0.15) is 96.6 Å². The SMILES string of the molecule is CC[C@H](C)[C@@H](C(=O)O[C@H]1CC[C@@]2(C)[C@H](CC[C@@H]3[C@@H]2[C@H](O)C(=O)[C@]2(C)[C@@H](c4ccc(=O)oc4)CC[C@]32O)C1)n1[se]c2cc(OC)ccc2c1=O. The van der Waals surface area contributed by atoms with Crippen molar-refractivity contribution in [2.24, 2.45) is 34.5 Å². The van der Waals surface area contributed by atoms with Gasteiger partial charge in [-0.05, 0) is 25.0 Å². The summed E-state index contributed by atoms with van der Waals surface area (Å²) in [6.45, 7) is 7.93. The molecular formula is C38H47NO9Se. The van der Waals surface area contributed by atoms with Crippen LogP contribution in [-0.2, 0) is 14.3 Å². The van der Waals surface area contributed by atoms with Crippen molar-refractivity contribution in [3.8, 4) is 5.75 Å². The molecule has 0 spiro atoms. The number of Topliss-reactive ketones (excluding diaryl/α,β-unsaturated/α-hetero) is 1. The Kier molecular flexibility index (Phi) is 8.69. The van der Waals surface area contributed by atoms with E-state index in [0.29, 0.717) is 61.6 Å². The molecule has 11 atom stereocenters. The van der Waals surface area contributed by atoms with E-state index in [1.54, 1.807) is 35.8 Å². The van der Waals surface area contributed by atoms with E-state index in [0.717, 1.165) is 10.7 Å². The Morgan fingerprint density at radius 2 is 1.88 bits per heavy atom. The number of aromatic nitrogens is 1. The van der Waals surface area contributed by atoms with E-state index in [9.17, 15) is 29.4 Å². The van der Waals surface area contributed by atoms with Crippen molar-refractivity contribution in [1.29, 1.82) is 0 Å². The molecule has 0 saturated heterocycles. The molecule has 3 aromatic rings. The summed E-state index contributed by atoms with van der Waals surface area (Å²) in [5.74, 6) is -1.11. The van der Waals surface area contributed by atoms with E-state index in [-0.39, 0.29) is 61.8 Å². The van der Waals surface area contributed by atoms with Crippen molar-refractivity contribution >= 4 is 36.1 Å². The number of nitrogens with zero attached hydrogens (tertiary/aromatic N) is 1. The van der Waals surface area contributed by atoms with Crippen LogP contribution in [0.15, 0.2) is 50.6 Å². The Morgan fingerprint density at radius 3 is 2.57 bits per heavy atom. The molecule has 2 aromatic heterocycles. The quantitative estimate of drug-likeness (QED) is 0.262. The van der Waals surface area contributed by atoms with Gasteiger partial charge in [-0.2, -0.15) is 0 Å². The number of hydrogen-bond donors (Lipinski definition) is 2. The Hall–Kier alpha value is -2.98. The minimum atomic E-state index is -1.30. The molecule has 49 heavy (non-hydrogen) atoms. The van der Waals surface area contributed by atoms with Gasteiger partial charge < -0.3 is 4.42 Å². The monoisotopic (exact) mass is 741 g/mol. The topological polar surface area (TPSA) is 145 Å². The Bertz CT molecular complexity index is 1880. The third kappa shape index (κ3) is 5.08. The first-order valence-electron chi connectivity index (χ1n) is 17.7. The van der Waals surface area contributed by atoms with Gasteiger partial charge >= 0.3 is 240 Å². The number of esters is 1. The average Bonchev–Trinajstić information content (AvgIpc) is 3.56. The fourth-order valence-corrected chi connectivity index (χ4v) is 13.1.